The Labute approximate surface area is 105 Å². The lowest BCUT2D eigenvalue weighted by atomic mass is 9.92. The van der Waals surface area contributed by atoms with E-state index in [1.807, 2.05) is 0 Å². The van der Waals surface area contributed by atoms with E-state index in [2.05, 4.69) is 29.8 Å². The maximum atomic E-state index is 13.0. The monoisotopic (exact) mass is 288 g/mol. The van der Waals surface area contributed by atoms with Crippen molar-refractivity contribution in [3.8, 4) is 0 Å². The van der Waals surface area contributed by atoms with E-state index in [9.17, 15) is 9.50 Å². The van der Waals surface area contributed by atoms with Gasteiger partial charge in [0.1, 0.15) is 5.82 Å². The van der Waals surface area contributed by atoms with E-state index < -0.39 is 0 Å². The van der Waals surface area contributed by atoms with Crippen molar-refractivity contribution >= 4 is 15.9 Å². The van der Waals surface area contributed by atoms with Crippen LogP contribution in [0.4, 0.5) is 4.39 Å². The first-order valence-electron chi connectivity index (χ1n) is 5.70. The second-order valence-corrected chi connectivity index (χ2v) is 4.95. The van der Waals surface area contributed by atoms with E-state index in [1.165, 1.54) is 6.07 Å². The van der Waals surface area contributed by atoms with Gasteiger partial charge in [0.15, 0.2) is 0 Å². The van der Waals surface area contributed by atoms with Crippen LogP contribution in [0.15, 0.2) is 22.7 Å². The lowest BCUT2D eigenvalue weighted by molar-refractivity contribution is 0.103. The van der Waals surface area contributed by atoms with Gasteiger partial charge in [0.05, 0.1) is 10.6 Å². The quantitative estimate of drug-likeness (QED) is 0.870. The summed E-state index contributed by atoms with van der Waals surface area (Å²) in [5.74, 6) is 0.0598. The molecule has 0 aromatic heterocycles. The molecule has 0 aliphatic rings. The Morgan fingerprint density at radius 1 is 1.31 bits per heavy atom. The van der Waals surface area contributed by atoms with E-state index in [1.54, 1.807) is 12.1 Å². The average molecular weight is 289 g/mol. The molecule has 0 radical (unpaired) electrons. The van der Waals surface area contributed by atoms with Crippen LogP contribution in [-0.2, 0) is 6.42 Å². The minimum atomic E-state index is -0.340. The SMILES string of the molecule is CCC(CC)C(O)Cc1ccc(F)c(Br)c1. The third-order valence-electron chi connectivity index (χ3n) is 3.02. The lowest BCUT2D eigenvalue weighted by Gasteiger charge is -2.20. The van der Waals surface area contributed by atoms with Crippen LogP contribution in [0.5, 0.6) is 0 Å². The number of hydrogen-bond donors (Lipinski definition) is 1. The summed E-state index contributed by atoms with van der Waals surface area (Å²) in [5, 5.41) is 10.0. The zero-order valence-corrected chi connectivity index (χ0v) is 11.3. The van der Waals surface area contributed by atoms with Crippen LogP contribution in [0.25, 0.3) is 0 Å². The Morgan fingerprint density at radius 2 is 1.94 bits per heavy atom. The Balaban J connectivity index is 2.69. The molecule has 1 aromatic rings. The summed E-state index contributed by atoms with van der Waals surface area (Å²) in [4.78, 5) is 0. The topological polar surface area (TPSA) is 20.2 Å². The summed E-state index contributed by atoms with van der Waals surface area (Å²) in [6, 6.07) is 4.89. The highest BCUT2D eigenvalue weighted by Crippen LogP contribution is 2.21. The average Bonchev–Trinajstić information content (AvgIpc) is 2.25. The predicted molar refractivity (Wildman–Crippen MR) is 67.9 cm³/mol. The standard InChI is InChI=1S/C13H18BrFO/c1-3-10(4-2)13(16)8-9-5-6-12(15)11(14)7-9/h5-7,10,13,16H,3-4,8H2,1-2H3. The van der Waals surface area contributed by atoms with Gasteiger partial charge < -0.3 is 5.11 Å². The molecular weight excluding hydrogens is 271 g/mol. The first-order valence-corrected chi connectivity index (χ1v) is 6.49. The first-order chi connectivity index (χ1) is 7.58. The van der Waals surface area contributed by atoms with Gasteiger partial charge in [0, 0.05) is 0 Å². The molecule has 0 aliphatic heterocycles. The zero-order valence-electron chi connectivity index (χ0n) is 9.71. The van der Waals surface area contributed by atoms with Crippen LogP contribution in [-0.4, -0.2) is 11.2 Å². The fraction of sp³-hybridized carbons (Fsp3) is 0.538. The molecule has 0 amide bonds. The van der Waals surface area contributed by atoms with E-state index in [0.29, 0.717) is 16.8 Å². The molecular formula is C13H18BrFO. The summed E-state index contributed by atoms with van der Waals surface area (Å²) in [6.45, 7) is 4.16. The molecule has 1 unspecified atom stereocenters. The Hall–Kier alpha value is -0.410. The molecule has 0 heterocycles. The normalized spacial score (nSPS) is 13.1. The van der Waals surface area contributed by atoms with Gasteiger partial charge in [0.2, 0.25) is 0 Å². The Bertz CT molecular complexity index is 337. The lowest BCUT2D eigenvalue weighted by Crippen LogP contribution is -2.21. The second-order valence-electron chi connectivity index (χ2n) is 4.10. The maximum absolute atomic E-state index is 13.0. The highest BCUT2D eigenvalue weighted by atomic mass is 79.9. The highest BCUT2D eigenvalue weighted by Gasteiger charge is 2.16. The third-order valence-corrected chi connectivity index (χ3v) is 3.63. The number of benzene rings is 1. The van der Waals surface area contributed by atoms with Crippen LogP contribution in [0.2, 0.25) is 0 Å². The van der Waals surface area contributed by atoms with Gasteiger partial charge in [-0.25, -0.2) is 4.39 Å². The summed E-state index contributed by atoms with van der Waals surface area (Å²) < 4.78 is 13.5. The molecule has 0 bridgehead atoms. The fourth-order valence-corrected chi connectivity index (χ4v) is 2.33. The van der Waals surface area contributed by atoms with Gasteiger partial charge in [-0.15, -0.1) is 0 Å². The summed E-state index contributed by atoms with van der Waals surface area (Å²) >= 11 is 3.15. The molecule has 0 spiro atoms. The molecule has 0 aliphatic carbocycles. The number of halogens is 2. The maximum Gasteiger partial charge on any atom is 0.137 e. The first kappa shape index (κ1) is 13.7. The van der Waals surface area contributed by atoms with Crippen molar-refractivity contribution in [2.45, 2.75) is 39.2 Å². The van der Waals surface area contributed by atoms with E-state index >= 15 is 0 Å². The second kappa shape index (κ2) is 6.36. The number of aliphatic hydroxyl groups is 1. The van der Waals surface area contributed by atoms with Gasteiger partial charge >= 0.3 is 0 Å². The highest BCUT2D eigenvalue weighted by molar-refractivity contribution is 9.10. The molecule has 0 saturated carbocycles. The largest absolute Gasteiger partial charge is 0.392 e. The van der Waals surface area contributed by atoms with Gasteiger partial charge in [-0.05, 0) is 46.0 Å². The molecule has 0 fully saturated rings. The minimum Gasteiger partial charge on any atom is -0.392 e. The van der Waals surface area contributed by atoms with Crippen molar-refractivity contribution in [2.75, 3.05) is 0 Å². The summed E-state index contributed by atoms with van der Waals surface area (Å²) in [7, 11) is 0. The smallest absolute Gasteiger partial charge is 0.137 e. The zero-order chi connectivity index (χ0) is 12.1. The van der Waals surface area contributed by atoms with E-state index in [-0.39, 0.29) is 11.9 Å². The molecule has 90 valence electrons. The molecule has 0 saturated heterocycles. The molecule has 1 aromatic carbocycles. The fourth-order valence-electron chi connectivity index (χ4n) is 1.91. The molecule has 1 atom stereocenters. The van der Waals surface area contributed by atoms with Crippen LogP contribution in [0, 0.1) is 11.7 Å². The molecule has 1 rings (SSSR count). The van der Waals surface area contributed by atoms with Crippen molar-refractivity contribution < 1.29 is 9.50 Å². The van der Waals surface area contributed by atoms with Crippen molar-refractivity contribution in [3.63, 3.8) is 0 Å². The van der Waals surface area contributed by atoms with Gasteiger partial charge in [-0.1, -0.05) is 32.8 Å². The van der Waals surface area contributed by atoms with Crippen molar-refractivity contribution in [1.29, 1.82) is 0 Å². The van der Waals surface area contributed by atoms with Gasteiger partial charge in [-0.3, -0.25) is 0 Å². The van der Waals surface area contributed by atoms with E-state index in [4.69, 9.17) is 0 Å². The predicted octanol–water partition coefficient (Wildman–Crippen LogP) is 3.93. The Morgan fingerprint density at radius 3 is 2.44 bits per heavy atom. The molecule has 1 nitrogen and oxygen atoms in total. The minimum absolute atomic E-state index is 0.263. The third kappa shape index (κ3) is 3.56. The number of rotatable bonds is 5. The van der Waals surface area contributed by atoms with Crippen LogP contribution in [0.3, 0.4) is 0 Å². The molecule has 16 heavy (non-hydrogen) atoms. The molecule has 3 heteroatoms. The summed E-state index contributed by atoms with van der Waals surface area (Å²) in [6.07, 6.45) is 2.19. The summed E-state index contributed by atoms with van der Waals surface area (Å²) in [5.41, 5.74) is 0.965. The van der Waals surface area contributed by atoms with Crippen molar-refractivity contribution in [2.24, 2.45) is 5.92 Å². The molecule has 1 N–H and O–H groups in total. The van der Waals surface area contributed by atoms with E-state index in [0.717, 1.165) is 18.4 Å². The van der Waals surface area contributed by atoms with Crippen LogP contribution >= 0.6 is 15.9 Å². The van der Waals surface area contributed by atoms with Gasteiger partial charge in [-0.2, -0.15) is 0 Å². The van der Waals surface area contributed by atoms with Gasteiger partial charge in [0.25, 0.3) is 0 Å². The Kier molecular flexibility index (Phi) is 5.42. The van der Waals surface area contributed by atoms with Crippen LogP contribution < -0.4 is 0 Å². The van der Waals surface area contributed by atoms with Crippen molar-refractivity contribution in [3.05, 3.63) is 34.1 Å². The van der Waals surface area contributed by atoms with Crippen LogP contribution in [0.1, 0.15) is 32.3 Å². The van der Waals surface area contributed by atoms with Crippen molar-refractivity contribution in [1.82, 2.24) is 0 Å². The number of aliphatic hydroxyl groups excluding tert-OH is 1. The number of hydrogen-bond acceptors (Lipinski definition) is 1.